The maximum atomic E-state index is 5.33. The summed E-state index contributed by atoms with van der Waals surface area (Å²) in [5, 5.41) is 3.47. The van der Waals surface area contributed by atoms with Crippen molar-refractivity contribution in [1.82, 2.24) is 15.1 Å². The van der Waals surface area contributed by atoms with Crippen molar-refractivity contribution in [2.75, 3.05) is 52.5 Å². The lowest BCUT2D eigenvalue weighted by atomic mass is 9.89. The van der Waals surface area contributed by atoms with Gasteiger partial charge in [0, 0.05) is 31.1 Å². The van der Waals surface area contributed by atoms with Crippen LogP contribution >= 0.6 is 24.0 Å². The van der Waals surface area contributed by atoms with E-state index < -0.39 is 0 Å². The van der Waals surface area contributed by atoms with Gasteiger partial charge in [0.2, 0.25) is 0 Å². The van der Waals surface area contributed by atoms with Crippen LogP contribution in [0, 0.1) is 5.41 Å². The van der Waals surface area contributed by atoms with Crippen LogP contribution in [0.1, 0.15) is 33.1 Å². The van der Waals surface area contributed by atoms with Gasteiger partial charge in [-0.25, -0.2) is 0 Å². The molecular weight excluding hydrogens is 391 g/mol. The molecule has 0 aromatic heterocycles. The number of nitrogens with zero attached hydrogens (tertiary/aromatic N) is 3. The molecule has 1 unspecified atom stereocenters. The van der Waals surface area contributed by atoms with Crippen molar-refractivity contribution < 1.29 is 4.74 Å². The quantitative estimate of drug-likeness (QED) is 0.426. The van der Waals surface area contributed by atoms with E-state index in [0.29, 0.717) is 0 Å². The van der Waals surface area contributed by atoms with E-state index in [0.717, 1.165) is 51.4 Å². The van der Waals surface area contributed by atoms with Gasteiger partial charge in [-0.15, -0.1) is 24.0 Å². The molecule has 3 heterocycles. The van der Waals surface area contributed by atoms with Gasteiger partial charge in [0.15, 0.2) is 5.96 Å². The summed E-state index contributed by atoms with van der Waals surface area (Å²) in [7, 11) is 0. The second-order valence-electron chi connectivity index (χ2n) is 7.11. The minimum absolute atomic E-state index is 0. The van der Waals surface area contributed by atoms with Crippen LogP contribution in [0.5, 0.6) is 0 Å². The number of hydrogen-bond acceptors (Lipinski definition) is 3. The van der Waals surface area contributed by atoms with Gasteiger partial charge in [0.25, 0.3) is 0 Å². The zero-order valence-corrected chi connectivity index (χ0v) is 16.3. The van der Waals surface area contributed by atoms with Crippen LogP contribution < -0.4 is 5.32 Å². The zero-order chi connectivity index (χ0) is 14.7. The molecule has 0 aromatic carbocycles. The van der Waals surface area contributed by atoms with Crippen LogP contribution in [0.4, 0.5) is 0 Å². The summed E-state index contributed by atoms with van der Waals surface area (Å²) in [6, 6.07) is 0.735. The Morgan fingerprint density at radius 3 is 2.59 bits per heavy atom. The molecule has 0 aromatic rings. The van der Waals surface area contributed by atoms with E-state index in [1.165, 1.54) is 32.4 Å². The number of nitrogens with one attached hydrogen (secondary N) is 1. The third-order valence-corrected chi connectivity index (χ3v) is 4.97. The summed E-state index contributed by atoms with van der Waals surface area (Å²) >= 11 is 0. The molecule has 22 heavy (non-hydrogen) atoms. The largest absolute Gasteiger partial charge is 0.380 e. The van der Waals surface area contributed by atoms with Crippen molar-refractivity contribution in [3.05, 3.63) is 0 Å². The minimum Gasteiger partial charge on any atom is -0.380 e. The number of aliphatic imine (C=N–C) groups is 1. The fraction of sp³-hybridized carbons (Fsp3) is 0.938. The third-order valence-electron chi connectivity index (χ3n) is 4.97. The molecule has 0 aliphatic carbocycles. The molecule has 3 saturated heterocycles. The lowest BCUT2D eigenvalue weighted by molar-refractivity contribution is -0.0945. The average molecular weight is 422 g/mol. The first-order valence-electron chi connectivity index (χ1n) is 8.55. The lowest BCUT2D eigenvalue weighted by Crippen LogP contribution is -2.46. The van der Waals surface area contributed by atoms with E-state index in [2.05, 4.69) is 29.0 Å². The highest BCUT2D eigenvalue weighted by molar-refractivity contribution is 14.0. The molecule has 6 heteroatoms. The molecule has 0 radical (unpaired) electrons. The van der Waals surface area contributed by atoms with Crippen LogP contribution in [-0.2, 0) is 4.74 Å². The summed E-state index contributed by atoms with van der Waals surface area (Å²) in [5.41, 5.74) is 0.259. The minimum atomic E-state index is 0. The van der Waals surface area contributed by atoms with Gasteiger partial charge < -0.3 is 15.0 Å². The topological polar surface area (TPSA) is 40.1 Å². The van der Waals surface area contributed by atoms with Crippen molar-refractivity contribution in [3.8, 4) is 0 Å². The molecule has 0 spiro atoms. The van der Waals surface area contributed by atoms with Gasteiger partial charge in [-0.2, -0.15) is 0 Å². The Morgan fingerprint density at radius 2 is 2.00 bits per heavy atom. The lowest BCUT2D eigenvalue weighted by Gasteiger charge is -2.37. The summed E-state index contributed by atoms with van der Waals surface area (Å²) < 4.78 is 5.33. The summed E-state index contributed by atoms with van der Waals surface area (Å²) in [4.78, 5) is 10.0. The first kappa shape index (κ1) is 18.3. The Bertz CT molecular complexity index is 380. The molecule has 0 saturated carbocycles. The van der Waals surface area contributed by atoms with E-state index in [9.17, 15) is 0 Å². The van der Waals surface area contributed by atoms with Gasteiger partial charge in [0.1, 0.15) is 0 Å². The number of ether oxygens (including phenoxy) is 1. The highest BCUT2D eigenvalue weighted by atomic mass is 127. The van der Waals surface area contributed by atoms with E-state index in [4.69, 9.17) is 9.73 Å². The molecule has 3 aliphatic heterocycles. The second kappa shape index (κ2) is 8.15. The highest BCUT2D eigenvalue weighted by Crippen LogP contribution is 2.27. The Morgan fingerprint density at radius 1 is 1.27 bits per heavy atom. The Hall–Kier alpha value is -0.0800. The molecular formula is C16H31IN4O. The second-order valence-corrected chi connectivity index (χ2v) is 7.11. The van der Waals surface area contributed by atoms with E-state index in [1.807, 2.05) is 0 Å². The number of rotatable bonds is 4. The predicted octanol–water partition coefficient (Wildman–Crippen LogP) is 1.78. The molecule has 3 aliphatic rings. The van der Waals surface area contributed by atoms with Crippen molar-refractivity contribution >= 4 is 29.9 Å². The van der Waals surface area contributed by atoms with E-state index >= 15 is 0 Å². The van der Waals surface area contributed by atoms with Gasteiger partial charge in [0.05, 0.1) is 19.8 Å². The average Bonchev–Trinajstić information content (AvgIpc) is 3.11. The first-order chi connectivity index (χ1) is 10.2. The monoisotopic (exact) mass is 422 g/mol. The van der Waals surface area contributed by atoms with Gasteiger partial charge >= 0.3 is 0 Å². The molecule has 1 N–H and O–H groups in total. The molecule has 128 valence electrons. The van der Waals surface area contributed by atoms with Crippen LogP contribution in [0.2, 0.25) is 0 Å². The van der Waals surface area contributed by atoms with Gasteiger partial charge in [-0.1, -0.05) is 6.92 Å². The van der Waals surface area contributed by atoms with Gasteiger partial charge in [-0.3, -0.25) is 9.89 Å². The van der Waals surface area contributed by atoms with E-state index in [-0.39, 0.29) is 29.4 Å². The molecule has 0 bridgehead atoms. The summed E-state index contributed by atoms with van der Waals surface area (Å²) in [5.74, 6) is 1.10. The highest BCUT2D eigenvalue weighted by Gasteiger charge is 2.34. The van der Waals surface area contributed by atoms with Crippen molar-refractivity contribution in [2.24, 2.45) is 10.4 Å². The maximum absolute atomic E-state index is 5.33. The maximum Gasteiger partial charge on any atom is 0.193 e. The Kier molecular flexibility index (Phi) is 6.76. The predicted molar refractivity (Wildman–Crippen MR) is 101 cm³/mol. The van der Waals surface area contributed by atoms with Gasteiger partial charge in [-0.05, 0) is 39.3 Å². The van der Waals surface area contributed by atoms with Crippen LogP contribution in [0.15, 0.2) is 4.99 Å². The molecule has 5 nitrogen and oxygen atoms in total. The first-order valence-corrected chi connectivity index (χ1v) is 8.55. The van der Waals surface area contributed by atoms with Crippen molar-refractivity contribution in [3.63, 3.8) is 0 Å². The fourth-order valence-electron chi connectivity index (χ4n) is 3.57. The standard InChI is InChI=1S/C16H30N4O.HI/c1-3-17-15(18-11-16(2)12-21-13-16)20-9-6-14(10-20)19-7-4-5-8-19;/h14H,3-13H2,1-2H3,(H,17,18);1H. The SMILES string of the molecule is CCNC(=NCC1(C)COC1)N1CCC(N2CCCC2)C1.I. The fourth-order valence-corrected chi connectivity index (χ4v) is 3.57. The van der Waals surface area contributed by atoms with Crippen LogP contribution in [0.3, 0.4) is 0 Å². The summed E-state index contributed by atoms with van der Waals surface area (Å²) in [6.07, 6.45) is 4.04. The molecule has 1 atom stereocenters. The number of halogens is 1. The Balaban J connectivity index is 0.00000176. The van der Waals surface area contributed by atoms with Crippen molar-refractivity contribution in [2.45, 2.75) is 39.2 Å². The smallest absolute Gasteiger partial charge is 0.193 e. The Labute approximate surface area is 151 Å². The number of guanidine groups is 1. The van der Waals surface area contributed by atoms with Crippen LogP contribution in [-0.4, -0.2) is 74.3 Å². The summed E-state index contributed by atoms with van der Waals surface area (Å²) in [6.45, 7) is 12.8. The number of hydrogen-bond donors (Lipinski definition) is 1. The van der Waals surface area contributed by atoms with Crippen molar-refractivity contribution in [1.29, 1.82) is 0 Å². The normalized spacial score (nSPS) is 28.4. The third kappa shape index (κ3) is 4.26. The number of likely N-dealkylation sites (tertiary alicyclic amines) is 2. The molecule has 3 rings (SSSR count). The molecule has 0 amide bonds. The molecule has 3 fully saturated rings. The zero-order valence-electron chi connectivity index (χ0n) is 14.0. The van der Waals surface area contributed by atoms with E-state index in [1.54, 1.807) is 0 Å². The van der Waals surface area contributed by atoms with Crippen LogP contribution in [0.25, 0.3) is 0 Å².